The van der Waals surface area contributed by atoms with E-state index in [1.807, 2.05) is 18.2 Å². The third-order valence-electron chi connectivity index (χ3n) is 4.93. The first-order valence-electron chi connectivity index (χ1n) is 9.17. The number of piperidine rings is 1. The highest BCUT2D eigenvalue weighted by molar-refractivity contribution is 7.13. The summed E-state index contributed by atoms with van der Waals surface area (Å²) >= 11 is 1.67. The van der Waals surface area contributed by atoms with Crippen LogP contribution in [0.1, 0.15) is 46.2 Å². The Morgan fingerprint density at radius 2 is 1.88 bits per heavy atom. The van der Waals surface area contributed by atoms with Crippen molar-refractivity contribution in [3.8, 4) is 22.1 Å². The molecule has 2 aliphatic heterocycles. The summed E-state index contributed by atoms with van der Waals surface area (Å²) in [6, 6.07) is 6.50. The molecule has 2 aliphatic rings. The maximum atomic E-state index is 5.47. The predicted molar refractivity (Wildman–Crippen MR) is 105 cm³/mol. The molecule has 6 heteroatoms. The fourth-order valence-corrected chi connectivity index (χ4v) is 5.08. The van der Waals surface area contributed by atoms with Crippen molar-refractivity contribution in [1.29, 1.82) is 0 Å². The molecule has 0 saturated carbocycles. The minimum atomic E-state index is 0.152. The van der Waals surface area contributed by atoms with E-state index in [0.29, 0.717) is 12.8 Å². The quantitative estimate of drug-likeness (QED) is 0.850. The second kappa shape index (κ2) is 6.51. The summed E-state index contributed by atoms with van der Waals surface area (Å²) < 4.78 is 10.8. The first-order valence-corrected chi connectivity index (χ1v) is 10.0. The predicted octanol–water partition coefficient (Wildman–Crippen LogP) is 3.94. The third kappa shape index (κ3) is 3.87. The van der Waals surface area contributed by atoms with Crippen molar-refractivity contribution in [2.45, 2.75) is 64.2 Å². The van der Waals surface area contributed by atoms with Crippen LogP contribution in [-0.2, 0) is 6.54 Å². The Balaban J connectivity index is 1.41. The van der Waals surface area contributed by atoms with Crippen molar-refractivity contribution in [2.75, 3.05) is 6.79 Å². The summed E-state index contributed by atoms with van der Waals surface area (Å²) in [6.45, 7) is 10.2. The normalized spacial score (nSPS) is 21.1. The van der Waals surface area contributed by atoms with Crippen molar-refractivity contribution in [3.05, 3.63) is 29.3 Å². The summed E-state index contributed by atoms with van der Waals surface area (Å²) in [6.07, 6.45) is 2.24. The Bertz CT molecular complexity index is 784. The Morgan fingerprint density at radius 1 is 1.15 bits per heavy atom. The SMILES string of the molecule is CC1(C)CC(NCc2csc(-c3ccc4c(c3)OCO4)n2)CC(C)(C)N1. The van der Waals surface area contributed by atoms with Crippen LogP contribution < -0.4 is 20.1 Å². The van der Waals surface area contributed by atoms with E-state index in [9.17, 15) is 0 Å². The van der Waals surface area contributed by atoms with Crippen LogP contribution in [0.5, 0.6) is 11.5 Å². The Kier molecular flexibility index (Phi) is 4.45. The zero-order chi connectivity index (χ0) is 18.4. The number of benzene rings is 1. The number of rotatable bonds is 4. The summed E-state index contributed by atoms with van der Waals surface area (Å²) in [5.41, 5.74) is 2.48. The van der Waals surface area contributed by atoms with E-state index in [2.05, 4.69) is 43.7 Å². The second-order valence-electron chi connectivity index (χ2n) is 8.59. The van der Waals surface area contributed by atoms with Crippen LogP contribution in [0.15, 0.2) is 23.6 Å². The highest BCUT2D eigenvalue weighted by atomic mass is 32.1. The molecule has 0 unspecified atom stereocenters. The zero-order valence-electron chi connectivity index (χ0n) is 15.9. The minimum absolute atomic E-state index is 0.152. The molecular weight excluding hydrogens is 346 g/mol. The van der Waals surface area contributed by atoms with Gasteiger partial charge in [-0.25, -0.2) is 4.98 Å². The van der Waals surface area contributed by atoms with Crippen LogP contribution in [0.25, 0.3) is 10.6 Å². The molecule has 0 atom stereocenters. The molecular formula is C20H27N3O2S. The summed E-state index contributed by atoms with van der Waals surface area (Å²) in [7, 11) is 0. The highest BCUT2D eigenvalue weighted by Gasteiger charge is 2.37. The first-order chi connectivity index (χ1) is 12.3. The topological polar surface area (TPSA) is 55.4 Å². The maximum absolute atomic E-state index is 5.47. The van der Waals surface area contributed by atoms with E-state index >= 15 is 0 Å². The number of thiazole rings is 1. The molecule has 0 aliphatic carbocycles. The average Bonchev–Trinajstić information content (AvgIpc) is 3.18. The van der Waals surface area contributed by atoms with Gasteiger partial charge >= 0.3 is 0 Å². The van der Waals surface area contributed by atoms with Gasteiger partial charge in [-0.15, -0.1) is 11.3 Å². The van der Waals surface area contributed by atoms with Gasteiger partial charge in [0.05, 0.1) is 5.69 Å². The fraction of sp³-hybridized carbons (Fsp3) is 0.550. The molecule has 1 fully saturated rings. The van der Waals surface area contributed by atoms with Crippen molar-refractivity contribution >= 4 is 11.3 Å². The second-order valence-corrected chi connectivity index (χ2v) is 9.45. The first kappa shape index (κ1) is 17.8. The maximum Gasteiger partial charge on any atom is 0.231 e. The molecule has 3 heterocycles. The molecule has 0 amide bonds. The number of aromatic nitrogens is 1. The van der Waals surface area contributed by atoms with E-state index < -0.39 is 0 Å². The van der Waals surface area contributed by atoms with E-state index in [-0.39, 0.29) is 11.1 Å². The largest absolute Gasteiger partial charge is 0.454 e. The number of nitrogens with zero attached hydrogens (tertiary/aromatic N) is 1. The fourth-order valence-electron chi connectivity index (χ4n) is 4.27. The van der Waals surface area contributed by atoms with Crippen molar-refractivity contribution in [3.63, 3.8) is 0 Å². The monoisotopic (exact) mass is 373 g/mol. The number of ether oxygens (including phenoxy) is 2. The number of fused-ring (bicyclic) bond motifs is 1. The molecule has 0 bridgehead atoms. The van der Waals surface area contributed by atoms with E-state index in [4.69, 9.17) is 14.5 Å². The Hall–Kier alpha value is -1.63. The summed E-state index contributed by atoms with van der Waals surface area (Å²) in [5, 5.41) is 10.6. The average molecular weight is 374 g/mol. The number of hydrogen-bond acceptors (Lipinski definition) is 6. The standard InChI is InChI=1S/C20H27N3O2S/c1-19(2)8-14(9-20(3,4)23-19)21-10-15-11-26-18(22-15)13-5-6-16-17(7-13)25-12-24-16/h5-7,11,14,21,23H,8-10,12H2,1-4H3. The summed E-state index contributed by atoms with van der Waals surface area (Å²) in [4.78, 5) is 4.81. The van der Waals surface area contributed by atoms with Gasteiger partial charge in [0.15, 0.2) is 11.5 Å². The molecule has 0 radical (unpaired) electrons. The van der Waals surface area contributed by atoms with Gasteiger partial charge in [-0.05, 0) is 58.7 Å². The molecule has 140 valence electrons. The van der Waals surface area contributed by atoms with E-state index in [1.54, 1.807) is 11.3 Å². The molecule has 2 N–H and O–H groups in total. The van der Waals surface area contributed by atoms with Gasteiger partial charge in [-0.1, -0.05) is 0 Å². The van der Waals surface area contributed by atoms with Gasteiger partial charge in [0.2, 0.25) is 6.79 Å². The molecule has 1 saturated heterocycles. The molecule has 5 nitrogen and oxygen atoms in total. The molecule has 1 aromatic heterocycles. The summed E-state index contributed by atoms with van der Waals surface area (Å²) in [5.74, 6) is 1.61. The zero-order valence-corrected chi connectivity index (χ0v) is 16.7. The minimum Gasteiger partial charge on any atom is -0.454 e. The number of nitrogens with one attached hydrogen (secondary N) is 2. The van der Waals surface area contributed by atoms with Crippen LogP contribution in [0, 0.1) is 0 Å². The van der Waals surface area contributed by atoms with Crippen LogP contribution >= 0.6 is 11.3 Å². The lowest BCUT2D eigenvalue weighted by Gasteiger charge is -2.46. The lowest BCUT2D eigenvalue weighted by Crippen LogP contribution is -2.61. The van der Waals surface area contributed by atoms with E-state index in [1.165, 1.54) is 0 Å². The van der Waals surface area contributed by atoms with Gasteiger partial charge in [-0.2, -0.15) is 0 Å². The van der Waals surface area contributed by atoms with Gasteiger partial charge in [0.25, 0.3) is 0 Å². The Morgan fingerprint density at radius 3 is 2.65 bits per heavy atom. The highest BCUT2D eigenvalue weighted by Crippen LogP contribution is 2.36. The molecule has 0 spiro atoms. The Labute approximate surface area is 159 Å². The van der Waals surface area contributed by atoms with Gasteiger partial charge in [-0.3, -0.25) is 0 Å². The van der Waals surface area contributed by atoms with Crippen LogP contribution in [0.2, 0.25) is 0 Å². The van der Waals surface area contributed by atoms with Crippen molar-refractivity contribution in [1.82, 2.24) is 15.6 Å². The van der Waals surface area contributed by atoms with Crippen LogP contribution in [0.3, 0.4) is 0 Å². The van der Waals surface area contributed by atoms with Crippen molar-refractivity contribution < 1.29 is 9.47 Å². The smallest absolute Gasteiger partial charge is 0.231 e. The van der Waals surface area contributed by atoms with Gasteiger partial charge < -0.3 is 20.1 Å². The van der Waals surface area contributed by atoms with E-state index in [0.717, 1.165) is 47.2 Å². The third-order valence-corrected chi connectivity index (χ3v) is 5.87. The van der Waals surface area contributed by atoms with Crippen LogP contribution in [-0.4, -0.2) is 28.9 Å². The molecule has 26 heavy (non-hydrogen) atoms. The van der Waals surface area contributed by atoms with Gasteiger partial charge in [0.1, 0.15) is 5.01 Å². The lowest BCUT2D eigenvalue weighted by atomic mass is 9.79. The van der Waals surface area contributed by atoms with Gasteiger partial charge in [0, 0.05) is 34.6 Å². The molecule has 4 rings (SSSR count). The molecule has 2 aromatic rings. The van der Waals surface area contributed by atoms with Crippen LogP contribution in [0.4, 0.5) is 0 Å². The number of hydrogen-bond donors (Lipinski definition) is 2. The lowest BCUT2D eigenvalue weighted by molar-refractivity contribution is 0.145. The molecule has 1 aromatic carbocycles. The van der Waals surface area contributed by atoms with Crippen molar-refractivity contribution in [2.24, 2.45) is 0 Å².